The molecular formula is C28H46O5P2. The molecule has 2 saturated carbocycles. The van der Waals surface area contributed by atoms with Crippen molar-refractivity contribution >= 4 is 15.0 Å². The molecule has 2 aliphatic carbocycles. The Morgan fingerprint density at radius 1 is 0.857 bits per heavy atom. The Balaban J connectivity index is 1.99. The lowest BCUT2D eigenvalue weighted by atomic mass is 9.87. The zero-order chi connectivity index (χ0) is 25.7. The average Bonchev–Trinajstić information content (AvgIpc) is 3.49. The lowest BCUT2D eigenvalue weighted by molar-refractivity contribution is 0.244. The van der Waals surface area contributed by atoms with Crippen LogP contribution in [0.3, 0.4) is 0 Å². The Labute approximate surface area is 213 Å². The van der Waals surface area contributed by atoms with Gasteiger partial charge in [0.1, 0.15) is 5.90 Å². The van der Waals surface area contributed by atoms with Crippen LogP contribution in [0.4, 0.5) is 0 Å². The molecule has 2 rings (SSSR count). The van der Waals surface area contributed by atoms with Crippen LogP contribution >= 0.6 is 15.0 Å². The monoisotopic (exact) mass is 524 g/mol. The van der Waals surface area contributed by atoms with Crippen LogP contribution in [0.5, 0.6) is 0 Å². The lowest BCUT2D eigenvalue weighted by Gasteiger charge is -2.18. The standard InChI is InChI=1S/C28H46O5P2/c1-4-6-8-10-11-12-13-15-17-19-25-24(18-16-14-9-7-5-2)20-21-26-27(28(25)26)22-33-35(31,32)23-34(3,29)30/h6-9,12-13,18-19,26-28H,4-5,10-11,14-17,20-23H2,1-3H3,(H,29,30)(H,31,32). The van der Waals surface area contributed by atoms with Crippen molar-refractivity contribution in [2.45, 2.75) is 78.1 Å². The van der Waals surface area contributed by atoms with E-state index in [0.29, 0.717) is 11.8 Å². The third-order valence-corrected chi connectivity index (χ3v) is 10.7. The molecule has 2 aliphatic rings. The summed E-state index contributed by atoms with van der Waals surface area (Å²) in [6, 6.07) is 0. The molecule has 2 fully saturated rings. The van der Waals surface area contributed by atoms with Gasteiger partial charge in [0.2, 0.25) is 7.37 Å². The van der Waals surface area contributed by atoms with Gasteiger partial charge in [-0.15, -0.1) is 0 Å². The van der Waals surface area contributed by atoms with E-state index < -0.39 is 20.9 Å². The molecule has 0 heterocycles. The van der Waals surface area contributed by atoms with Crippen LogP contribution in [0.15, 0.2) is 59.8 Å². The molecule has 35 heavy (non-hydrogen) atoms. The normalized spacial score (nSPS) is 28.2. The summed E-state index contributed by atoms with van der Waals surface area (Å²) in [5, 5.41) is 0. The Kier molecular flexibility index (Phi) is 13.3. The van der Waals surface area contributed by atoms with E-state index in [1.54, 1.807) is 0 Å². The minimum absolute atomic E-state index is 0.179. The smallest absolute Gasteiger partial charge is 0.337 e. The fraction of sp³-hybridized carbons (Fsp3) is 0.643. The predicted molar refractivity (Wildman–Crippen MR) is 148 cm³/mol. The molecule has 0 spiro atoms. The Hall–Kier alpha value is -0.960. The maximum Gasteiger partial charge on any atom is 0.337 e. The fourth-order valence-corrected chi connectivity index (χ4v) is 8.34. The maximum absolute atomic E-state index is 12.3. The SMILES string of the molecule is CCC=CCCC=CCCC=C1C(=CCCC=CCC)CCC2C(COP(=O)(O)CP(C)(=O)O)C12. The summed E-state index contributed by atoms with van der Waals surface area (Å²) in [5.41, 5.74) is 2.82. The first-order chi connectivity index (χ1) is 16.7. The van der Waals surface area contributed by atoms with E-state index in [-0.39, 0.29) is 12.5 Å². The van der Waals surface area contributed by atoms with Gasteiger partial charge in [0, 0.05) is 6.66 Å². The summed E-state index contributed by atoms with van der Waals surface area (Å²) in [7, 11) is -7.67. The van der Waals surface area contributed by atoms with Gasteiger partial charge in [-0.1, -0.05) is 62.5 Å². The van der Waals surface area contributed by atoms with Gasteiger partial charge in [-0.05, 0) is 93.1 Å². The van der Waals surface area contributed by atoms with Crippen molar-refractivity contribution < 1.29 is 23.4 Å². The molecule has 0 aromatic carbocycles. The second-order valence-corrected chi connectivity index (χ2v) is 14.6. The molecule has 0 bridgehead atoms. The third kappa shape index (κ3) is 11.8. The van der Waals surface area contributed by atoms with Gasteiger partial charge in [0.15, 0.2) is 0 Å². The molecule has 198 valence electrons. The van der Waals surface area contributed by atoms with Gasteiger partial charge in [-0.3, -0.25) is 9.13 Å². The highest BCUT2D eigenvalue weighted by Gasteiger charge is 2.54. The van der Waals surface area contributed by atoms with Crippen LogP contribution in [0.25, 0.3) is 0 Å². The van der Waals surface area contributed by atoms with Crippen LogP contribution in [-0.2, 0) is 13.7 Å². The van der Waals surface area contributed by atoms with E-state index in [2.05, 4.69) is 62.5 Å². The van der Waals surface area contributed by atoms with Gasteiger partial charge >= 0.3 is 7.60 Å². The zero-order valence-corrected chi connectivity index (χ0v) is 23.6. The van der Waals surface area contributed by atoms with Crippen molar-refractivity contribution in [2.75, 3.05) is 19.2 Å². The molecule has 5 atom stereocenters. The van der Waals surface area contributed by atoms with Gasteiger partial charge in [-0.2, -0.15) is 0 Å². The number of hydrogen-bond acceptors (Lipinski definition) is 3. The van der Waals surface area contributed by atoms with Crippen molar-refractivity contribution in [3.63, 3.8) is 0 Å². The largest absolute Gasteiger partial charge is 0.344 e. The van der Waals surface area contributed by atoms with E-state index in [0.717, 1.165) is 70.9 Å². The number of fused-ring (bicyclic) bond motifs is 1. The predicted octanol–water partition coefficient (Wildman–Crippen LogP) is 8.38. The number of hydrogen-bond donors (Lipinski definition) is 2. The second kappa shape index (κ2) is 15.3. The molecule has 0 radical (unpaired) electrons. The summed E-state index contributed by atoms with van der Waals surface area (Å²) in [6.45, 7) is 5.57. The highest BCUT2D eigenvalue weighted by Crippen LogP contribution is 2.62. The van der Waals surface area contributed by atoms with Gasteiger partial charge in [0.25, 0.3) is 0 Å². The first kappa shape index (κ1) is 30.3. The van der Waals surface area contributed by atoms with Crippen molar-refractivity contribution in [1.29, 1.82) is 0 Å². The Morgan fingerprint density at radius 3 is 1.97 bits per heavy atom. The average molecular weight is 525 g/mol. The number of unbranched alkanes of at least 4 members (excludes halogenated alkanes) is 3. The molecule has 0 saturated heterocycles. The van der Waals surface area contributed by atoms with Crippen LogP contribution in [0.2, 0.25) is 0 Å². The number of allylic oxidation sites excluding steroid dienone is 10. The minimum Gasteiger partial charge on any atom is -0.344 e. The van der Waals surface area contributed by atoms with Crippen LogP contribution < -0.4 is 0 Å². The van der Waals surface area contributed by atoms with E-state index in [1.807, 2.05) is 0 Å². The van der Waals surface area contributed by atoms with E-state index in [9.17, 15) is 18.9 Å². The van der Waals surface area contributed by atoms with E-state index >= 15 is 0 Å². The summed E-state index contributed by atoms with van der Waals surface area (Å²) in [6.07, 6.45) is 28.7. The molecule has 0 aromatic heterocycles. The zero-order valence-electron chi connectivity index (χ0n) is 21.8. The summed E-state index contributed by atoms with van der Waals surface area (Å²) in [4.78, 5) is 19.5. The van der Waals surface area contributed by atoms with Crippen molar-refractivity contribution in [3.05, 3.63) is 59.8 Å². The summed E-state index contributed by atoms with van der Waals surface area (Å²) < 4.78 is 29.2. The van der Waals surface area contributed by atoms with Crippen molar-refractivity contribution in [2.24, 2.45) is 17.8 Å². The van der Waals surface area contributed by atoms with Crippen LogP contribution in [0, 0.1) is 17.8 Å². The van der Waals surface area contributed by atoms with Crippen LogP contribution in [0.1, 0.15) is 78.1 Å². The summed E-state index contributed by atoms with van der Waals surface area (Å²) in [5.74, 6) is 0.374. The van der Waals surface area contributed by atoms with E-state index in [4.69, 9.17) is 4.52 Å². The highest BCUT2D eigenvalue weighted by atomic mass is 31.2. The number of rotatable bonds is 16. The third-order valence-electron chi connectivity index (χ3n) is 6.61. The van der Waals surface area contributed by atoms with Gasteiger partial charge in [0.05, 0.1) is 6.61 Å². The quantitative estimate of drug-likeness (QED) is 0.120. The Morgan fingerprint density at radius 2 is 1.40 bits per heavy atom. The fourth-order valence-electron chi connectivity index (χ4n) is 4.96. The second-order valence-electron chi connectivity index (χ2n) is 9.87. The first-order valence-corrected chi connectivity index (χ1v) is 17.3. The van der Waals surface area contributed by atoms with Crippen molar-refractivity contribution in [3.8, 4) is 0 Å². The molecule has 0 aliphatic heterocycles. The van der Waals surface area contributed by atoms with Gasteiger partial charge < -0.3 is 14.3 Å². The topological polar surface area (TPSA) is 83.8 Å². The Bertz CT molecular complexity index is 893. The van der Waals surface area contributed by atoms with E-state index in [1.165, 1.54) is 11.1 Å². The first-order valence-electron chi connectivity index (χ1n) is 13.3. The van der Waals surface area contributed by atoms with Gasteiger partial charge in [-0.25, -0.2) is 0 Å². The molecule has 7 heteroatoms. The molecule has 5 nitrogen and oxygen atoms in total. The van der Waals surface area contributed by atoms with Crippen LogP contribution in [-0.4, -0.2) is 29.0 Å². The summed E-state index contributed by atoms with van der Waals surface area (Å²) >= 11 is 0. The molecule has 5 unspecified atom stereocenters. The molecule has 0 amide bonds. The maximum atomic E-state index is 12.3. The molecular weight excluding hydrogens is 478 g/mol. The molecule has 0 aromatic rings. The lowest BCUT2D eigenvalue weighted by Crippen LogP contribution is -2.03. The van der Waals surface area contributed by atoms with Crippen molar-refractivity contribution in [1.82, 2.24) is 0 Å². The minimum atomic E-state index is -4.06. The highest BCUT2D eigenvalue weighted by molar-refractivity contribution is 7.72. The molecule has 2 N–H and O–H groups in total.